The van der Waals surface area contributed by atoms with Crippen molar-refractivity contribution in [1.82, 2.24) is 14.5 Å². The van der Waals surface area contributed by atoms with Gasteiger partial charge in [0.2, 0.25) is 0 Å². The Morgan fingerprint density at radius 2 is 1.40 bits per heavy atom. The molecule has 7 aromatic rings. The molecule has 4 nitrogen and oxygen atoms in total. The number of hydrogen-bond donors (Lipinski definition) is 1. The van der Waals surface area contributed by atoms with Crippen molar-refractivity contribution in [2.24, 2.45) is 7.05 Å². The molecule has 0 unspecified atom stereocenters. The average molecular weight is 560 g/mol. The van der Waals surface area contributed by atoms with Gasteiger partial charge in [0, 0.05) is 24.4 Å². The SMILES string of the molecule is Cn1c(-c2cc(C(C)(C)C)ccc2O)nc2c(-c3cccc(-c4cc(-c5ccc6ccccc6c5)ccn4)c3)cccc21. The topological polar surface area (TPSA) is 50.9 Å². The van der Waals surface area contributed by atoms with Crippen LogP contribution in [0.2, 0.25) is 0 Å². The van der Waals surface area contributed by atoms with Crippen molar-refractivity contribution in [3.8, 4) is 50.6 Å². The zero-order valence-electron chi connectivity index (χ0n) is 24.8. The van der Waals surface area contributed by atoms with E-state index in [0.29, 0.717) is 0 Å². The molecule has 0 aliphatic heterocycles. The standard InChI is InChI=1S/C39H33N3O/c1-39(2,3)31-17-18-36(43)33(24-31)38-41-37-32(13-8-14-35(37)42(38)4)29-11-7-12-30(22-29)34-23-28(19-20-40-34)27-16-15-25-9-5-6-10-26(25)21-27/h5-24,43H,1-4H3. The Morgan fingerprint density at radius 1 is 0.628 bits per heavy atom. The minimum absolute atomic E-state index is 0.0434. The number of aryl methyl sites for hydroxylation is 1. The van der Waals surface area contributed by atoms with Crippen LogP contribution in [-0.4, -0.2) is 19.6 Å². The number of imidazole rings is 1. The van der Waals surface area contributed by atoms with Crippen LogP contribution in [0.25, 0.3) is 66.7 Å². The third kappa shape index (κ3) is 4.85. The number of benzene rings is 5. The number of rotatable bonds is 4. The molecule has 7 rings (SSSR count). The summed E-state index contributed by atoms with van der Waals surface area (Å²) in [5.41, 5.74) is 10.1. The van der Waals surface area contributed by atoms with E-state index in [2.05, 4.69) is 128 Å². The number of nitrogens with zero attached hydrogens (tertiary/aromatic N) is 3. The van der Waals surface area contributed by atoms with Gasteiger partial charge in [0.05, 0.1) is 22.3 Å². The minimum Gasteiger partial charge on any atom is -0.507 e. The van der Waals surface area contributed by atoms with Crippen molar-refractivity contribution in [3.63, 3.8) is 0 Å². The van der Waals surface area contributed by atoms with Crippen molar-refractivity contribution in [1.29, 1.82) is 0 Å². The number of aromatic nitrogens is 3. The molecule has 1 N–H and O–H groups in total. The second-order valence-electron chi connectivity index (χ2n) is 12.2. The molecule has 0 atom stereocenters. The summed E-state index contributed by atoms with van der Waals surface area (Å²) in [6.45, 7) is 6.53. The maximum Gasteiger partial charge on any atom is 0.144 e. The second kappa shape index (κ2) is 10.2. The molecule has 0 saturated carbocycles. The zero-order valence-corrected chi connectivity index (χ0v) is 24.8. The van der Waals surface area contributed by atoms with E-state index >= 15 is 0 Å². The number of phenolic OH excluding ortho intramolecular Hbond substituents is 1. The monoisotopic (exact) mass is 559 g/mol. The summed E-state index contributed by atoms with van der Waals surface area (Å²) in [6, 6.07) is 39.8. The maximum absolute atomic E-state index is 10.8. The third-order valence-corrected chi connectivity index (χ3v) is 8.33. The fourth-order valence-corrected chi connectivity index (χ4v) is 5.85. The Kier molecular flexibility index (Phi) is 6.36. The lowest BCUT2D eigenvalue weighted by Gasteiger charge is -2.20. The number of fused-ring (bicyclic) bond motifs is 2. The maximum atomic E-state index is 10.8. The molecule has 0 saturated heterocycles. The Labute approximate surface area is 252 Å². The number of hydrogen-bond acceptors (Lipinski definition) is 3. The van der Waals surface area contributed by atoms with Crippen molar-refractivity contribution >= 4 is 21.8 Å². The Hall–Kier alpha value is -5.22. The lowest BCUT2D eigenvalue weighted by atomic mass is 9.86. The Morgan fingerprint density at radius 3 is 2.23 bits per heavy atom. The van der Waals surface area contributed by atoms with Crippen molar-refractivity contribution in [2.75, 3.05) is 0 Å². The molecular formula is C39H33N3O. The summed E-state index contributed by atoms with van der Waals surface area (Å²) in [7, 11) is 2.01. The first-order chi connectivity index (χ1) is 20.8. The first-order valence-electron chi connectivity index (χ1n) is 14.6. The van der Waals surface area contributed by atoms with Crippen LogP contribution in [0.15, 0.2) is 121 Å². The van der Waals surface area contributed by atoms with Crippen LogP contribution in [0.5, 0.6) is 5.75 Å². The molecule has 0 fully saturated rings. The highest BCUT2D eigenvalue weighted by atomic mass is 16.3. The summed E-state index contributed by atoms with van der Waals surface area (Å²) in [6.07, 6.45) is 1.89. The molecule has 0 amide bonds. The van der Waals surface area contributed by atoms with Crippen LogP contribution >= 0.6 is 0 Å². The zero-order chi connectivity index (χ0) is 29.7. The van der Waals surface area contributed by atoms with E-state index in [1.807, 2.05) is 19.3 Å². The average Bonchev–Trinajstić information content (AvgIpc) is 3.36. The van der Waals surface area contributed by atoms with Gasteiger partial charge in [-0.1, -0.05) is 93.6 Å². The molecule has 5 aromatic carbocycles. The van der Waals surface area contributed by atoms with E-state index in [-0.39, 0.29) is 11.2 Å². The van der Waals surface area contributed by atoms with Gasteiger partial charge in [0.1, 0.15) is 11.6 Å². The predicted octanol–water partition coefficient (Wildman–Crippen LogP) is 9.79. The van der Waals surface area contributed by atoms with Crippen LogP contribution in [0, 0.1) is 0 Å². The lowest BCUT2D eigenvalue weighted by Crippen LogP contribution is -2.11. The lowest BCUT2D eigenvalue weighted by molar-refractivity contribution is 0.475. The molecule has 0 aliphatic rings. The highest BCUT2D eigenvalue weighted by Gasteiger charge is 2.20. The molecule has 210 valence electrons. The number of phenols is 1. The van der Waals surface area contributed by atoms with Crippen molar-refractivity contribution in [3.05, 3.63) is 127 Å². The molecule has 2 aromatic heterocycles. The van der Waals surface area contributed by atoms with Gasteiger partial charge in [0.25, 0.3) is 0 Å². The molecular weight excluding hydrogens is 526 g/mol. The van der Waals surface area contributed by atoms with E-state index in [4.69, 9.17) is 9.97 Å². The largest absolute Gasteiger partial charge is 0.507 e. The Bertz CT molecular complexity index is 2150. The van der Waals surface area contributed by atoms with Crippen molar-refractivity contribution < 1.29 is 5.11 Å². The fourth-order valence-electron chi connectivity index (χ4n) is 5.85. The molecule has 2 heterocycles. The highest BCUT2D eigenvalue weighted by molar-refractivity contribution is 5.95. The summed E-state index contributed by atoms with van der Waals surface area (Å²) in [4.78, 5) is 9.85. The van der Waals surface area contributed by atoms with Crippen LogP contribution in [0.4, 0.5) is 0 Å². The summed E-state index contributed by atoms with van der Waals surface area (Å²) in [5, 5.41) is 13.3. The van der Waals surface area contributed by atoms with E-state index in [9.17, 15) is 5.11 Å². The van der Waals surface area contributed by atoms with Gasteiger partial charge in [-0.05, 0) is 80.9 Å². The normalized spacial score (nSPS) is 11.8. The summed E-state index contributed by atoms with van der Waals surface area (Å²) >= 11 is 0. The Balaban J connectivity index is 1.30. The predicted molar refractivity (Wildman–Crippen MR) is 178 cm³/mol. The van der Waals surface area contributed by atoms with Crippen LogP contribution < -0.4 is 0 Å². The summed E-state index contributed by atoms with van der Waals surface area (Å²) in [5.74, 6) is 0.972. The second-order valence-corrected chi connectivity index (χ2v) is 12.2. The van der Waals surface area contributed by atoms with Crippen LogP contribution in [0.3, 0.4) is 0 Å². The molecule has 0 spiro atoms. The van der Waals surface area contributed by atoms with Crippen LogP contribution in [-0.2, 0) is 12.5 Å². The van der Waals surface area contributed by atoms with Gasteiger partial charge in [-0.3, -0.25) is 4.98 Å². The van der Waals surface area contributed by atoms with Gasteiger partial charge in [0.15, 0.2) is 0 Å². The van der Waals surface area contributed by atoms with Crippen molar-refractivity contribution in [2.45, 2.75) is 26.2 Å². The van der Waals surface area contributed by atoms with E-state index in [1.54, 1.807) is 6.07 Å². The van der Waals surface area contributed by atoms with E-state index < -0.39 is 0 Å². The minimum atomic E-state index is -0.0434. The smallest absolute Gasteiger partial charge is 0.144 e. The number of aromatic hydroxyl groups is 1. The molecule has 0 bridgehead atoms. The quantitative estimate of drug-likeness (QED) is 0.233. The number of para-hydroxylation sites is 1. The van der Waals surface area contributed by atoms with E-state index in [1.165, 1.54) is 16.3 Å². The van der Waals surface area contributed by atoms with Gasteiger partial charge in [-0.15, -0.1) is 0 Å². The fraction of sp³-hybridized carbons (Fsp3) is 0.128. The number of pyridine rings is 1. The molecule has 43 heavy (non-hydrogen) atoms. The first-order valence-corrected chi connectivity index (χ1v) is 14.6. The molecule has 4 heteroatoms. The highest BCUT2D eigenvalue weighted by Crippen LogP contribution is 2.38. The first kappa shape index (κ1) is 26.7. The van der Waals surface area contributed by atoms with E-state index in [0.717, 1.165) is 55.9 Å². The third-order valence-electron chi connectivity index (χ3n) is 8.33. The molecule has 0 aliphatic carbocycles. The summed E-state index contributed by atoms with van der Waals surface area (Å²) < 4.78 is 2.07. The van der Waals surface area contributed by atoms with Crippen LogP contribution in [0.1, 0.15) is 26.3 Å². The van der Waals surface area contributed by atoms with Gasteiger partial charge in [-0.2, -0.15) is 0 Å². The van der Waals surface area contributed by atoms with Gasteiger partial charge in [-0.25, -0.2) is 4.98 Å². The van der Waals surface area contributed by atoms with Gasteiger partial charge < -0.3 is 9.67 Å². The molecule has 0 radical (unpaired) electrons. The van der Waals surface area contributed by atoms with Gasteiger partial charge >= 0.3 is 0 Å².